The Labute approximate surface area is 134 Å². The van der Waals surface area contributed by atoms with Crippen LogP contribution in [0.4, 0.5) is 0 Å². The minimum Gasteiger partial charge on any atom is -0.299 e. The van der Waals surface area contributed by atoms with E-state index in [1.54, 1.807) is 11.4 Å². The quantitative estimate of drug-likeness (QED) is 0.836. The summed E-state index contributed by atoms with van der Waals surface area (Å²) in [5, 5.41) is -0.0944. The summed E-state index contributed by atoms with van der Waals surface area (Å²) in [6, 6.07) is 8.85. The molecule has 1 aliphatic heterocycles. The summed E-state index contributed by atoms with van der Waals surface area (Å²) >= 11 is 0. The van der Waals surface area contributed by atoms with Crippen LogP contribution in [0.25, 0.3) is 0 Å². The third-order valence-electron chi connectivity index (χ3n) is 4.95. The second-order valence-corrected chi connectivity index (χ2v) is 9.03. The molecule has 0 bridgehead atoms. The van der Waals surface area contributed by atoms with Crippen LogP contribution in [0, 0.1) is 6.92 Å². The molecule has 1 saturated heterocycles. The molecule has 0 spiro atoms. The lowest BCUT2D eigenvalue weighted by Gasteiger charge is -2.36. The van der Waals surface area contributed by atoms with E-state index in [1.807, 2.05) is 0 Å². The van der Waals surface area contributed by atoms with E-state index in [9.17, 15) is 8.42 Å². The Morgan fingerprint density at radius 2 is 1.68 bits per heavy atom. The summed E-state index contributed by atoms with van der Waals surface area (Å²) in [6.07, 6.45) is 3.57. The molecule has 0 atom stereocenters. The van der Waals surface area contributed by atoms with Crippen LogP contribution < -0.4 is 0 Å². The van der Waals surface area contributed by atoms with Gasteiger partial charge in [0.2, 0.25) is 10.0 Å². The highest BCUT2D eigenvalue weighted by Gasteiger charge is 2.41. The lowest BCUT2D eigenvalue weighted by atomic mass is 10.0. The first-order valence-corrected chi connectivity index (χ1v) is 9.72. The molecule has 2 aliphatic rings. The smallest absolute Gasteiger partial charge is 0.216 e. The van der Waals surface area contributed by atoms with Gasteiger partial charge in [-0.05, 0) is 38.2 Å². The summed E-state index contributed by atoms with van der Waals surface area (Å²) in [7, 11) is -1.26. The zero-order chi connectivity index (χ0) is 15.7. The molecular weight excluding hydrogens is 296 g/mol. The molecule has 0 radical (unpaired) electrons. The van der Waals surface area contributed by atoms with Crippen LogP contribution in [-0.2, 0) is 16.6 Å². The predicted octanol–water partition coefficient (Wildman–Crippen LogP) is 2.38. The topological polar surface area (TPSA) is 40.6 Å². The van der Waals surface area contributed by atoms with Crippen LogP contribution in [0.1, 0.15) is 36.8 Å². The van der Waals surface area contributed by atoms with Crippen molar-refractivity contribution in [3.8, 4) is 0 Å². The number of likely N-dealkylation sites (tertiary alicyclic amines) is 1. The van der Waals surface area contributed by atoms with Gasteiger partial charge in [0.05, 0.1) is 5.25 Å². The third-order valence-corrected chi connectivity index (χ3v) is 7.36. The lowest BCUT2D eigenvalue weighted by molar-refractivity contribution is 0.164. The maximum absolute atomic E-state index is 12.3. The number of nitrogens with zero attached hydrogens (tertiary/aromatic N) is 2. The molecule has 0 unspecified atom stereocenters. The second kappa shape index (κ2) is 6.30. The maximum Gasteiger partial charge on any atom is 0.216 e. The molecule has 22 heavy (non-hydrogen) atoms. The van der Waals surface area contributed by atoms with E-state index in [4.69, 9.17) is 0 Å². The van der Waals surface area contributed by atoms with Crippen LogP contribution in [-0.4, -0.2) is 49.1 Å². The Morgan fingerprint density at radius 3 is 2.23 bits per heavy atom. The van der Waals surface area contributed by atoms with Crippen LogP contribution in [0.3, 0.4) is 0 Å². The number of rotatable bonds is 5. The van der Waals surface area contributed by atoms with Crippen molar-refractivity contribution in [1.82, 2.24) is 9.21 Å². The van der Waals surface area contributed by atoms with Crippen molar-refractivity contribution in [2.45, 2.75) is 50.4 Å². The maximum atomic E-state index is 12.3. The van der Waals surface area contributed by atoms with Crippen LogP contribution in [0.2, 0.25) is 0 Å². The summed E-state index contributed by atoms with van der Waals surface area (Å²) in [6.45, 7) is 5.02. The van der Waals surface area contributed by atoms with E-state index in [-0.39, 0.29) is 11.3 Å². The van der Waals surface area contributed by atoms with Crippen molar-refractivity contribution in [1.29, 1.82) is 0 Å². The van der Waals surface area contributed by atoms with Gasteiger partial charge in [-0.3, -0.25) is 4.90 Å². The zero-order valence-electron chi connectivity index (χ0n) is 13.5. The number of hydrogen-bond acceptors (Lipinski definition) is 3. The SMILES string of the molecule is Cc1ccc(CN2CCC(N(C)S(=O)(=O)C3CC3)CC2)cc1. The number of benzene rings is 1. The molecule has 122 valence electrons. The fourth-order valence-corrected chi connectivity index (χ4v) is 5.03. The van der Waals surface area contributed by atoms with Gasteiger partial charge in [-0.25, -0.2) is 12.7 Å². The Kier molecular flexibility index (Phi) is 4.57. The molecule has 0 N–H and O–H groups in total. The first-order valence-electron chi connectivity index (χ1n) is 8.21. The average molecular weight is 322 g/mol. The molecule has 1 saturated carbocycles. The van der Waals surface area contributed by atoms with Crippen LogP contribution in [0.15, 0.2) is 24.3 Å². The van der Waals surface area contributed by atoms with E-state index in [1.165, 1.54) is 11.1 Å². The van der Waals surface area contributed by atoms with Crippen LogP contribution >= 0.6 is 0 Å². The van der Waals surface area contributed by atoms with Gasteiger partial charge < -0.3 is 0 Å². The minimum atomic E-state index is -3.03. The highest BCUT2D eigenvalue weighted by Crippen LogP contribution is 2.32. The van der Waals surface area contributed by atoms with E-state index in [2.05, 4.69) is 36.1 Å². The first-order chi connectivity index (χ1) is 10.5. The standard InChI is InChI=1S/C17H26N2O2S/c1-14-3-5-15(6-4-14)13-19-11-9-16(10-12-19)18(2)22(20,21)17-7-8-17/h3-6,16-17H,7-13H2,1-2H3. The van der Waals surface area contributed by atoms with Gasteiger partial charge in [-0.2, -0.15) is 0 Å². The van der Waals surface area contributed by atoms with Crippen molar-refractivity contribution in [3.63, 3.8) is 0 Å². The molecular formula is C17H26N2O2S. The Morgan fingerprint density at radius 1 is 1.09 bits per heavy atom. The number of sulfonamides is 1. The van der Waals surface area contributed by atoms with E-state index in [0.29, 0.717) is 0 Å². The number of piperidine rings is 1. The van der Waals surface area contributed by atoms with Crippen molar-refractivity contribution >= 4 is 10.0 Å². The van der Waals surface area contributed by atoms with Crippen molar-refractivity contribution < 1.29 is 8.42 Å². The van der Waals surface area contributed by atoms with Gasteiger partial charge in [0.15, 0.2) is 0 Å². The fraction of sp³-hybridized carbons (Fsp3) is 0.647. The summed E-state index contributed by atoms with van der Waals surface area (Å²) < 4.78 is 26.3. The Balaban J connectivity index is 1.53. The normalized spacial score (nSPS) is 21.4. The molecule has 1 aliphatic carbocycles. The zero-order valence-corrected chi connectivity index (χ0v) is 14.3. The molecule has 2 fully saturated rings. The molecule has 0 aromatic heterocycles. The van der Waals surface area contributed by atoms with Gasteiger partial charge in [-0.1, -0.05) is 29.8 Å². The molecule has 0 amide bonds. The molecule has 1 aromatic carbocycles. The van der Waals surface area contributed by atoms with E-state index < -0.39 is 10.0 Å². The second-order valence-electron chi connectivity index (χ2n) is 6.75. The molecule has 1 heterocycles. The lowest BCUT2D eigenvalue weighted by Crippen LogP contribution is -2.46. The van der Waals surface area contributed by atoms with Crippen molar-refractivity contribution in [2.24, 2.45) is 0 Å². The summed E-state index contributed by atoms with van der Waals surface area (Å²) in [5.41, 5.74) is 2.62. The molecule has 4 nitrogen and oxygen atoms in total. The van der Waals surface area contributed by atoms with Gasteiger partial charge in [0, 0.05) is 32.7 Å². The van der Waals surface area contributed by atoms with Crippen molar-refractivity contribution in [3.05, 3.63) is 35.4 Å². The average Bonchev–Trinajstić information content (AvgIpc) is 3.35. The first kappa shape index (κ1) is 16.0. The van der Waals surface area contributed by atoms with Gasteiger partial charge in [-0.15, -0.1) is 0 Å². The molecule has 5 heteroatoms. The van der Waals surface area contributed by atoms with E-state index in [0.717, 1.165) is 45.3 Å². The summed E-state index contributed by atoms with van der Waals surface area (Å²) in [4.78, 5) is 2.43. The van der Waals surface area contributed by atoms with Gasteiger partial charge in [0.1, 0.15) is 0 Å². The minimum absolute atomic E-state index is 0.0944. The largest absolute Gasteiger partial charge is 0.299 e. The third kappa shape index (κ3) is 3.53. The van der Waals surface area contributed by atoms with Gasteiger partial charge in [0.25, 0.3) is 0 Å². The van der Waals surface area contributed by atoms with Crippen molar-refractivity contribution in [2.75, 3.05) is 20.1 Å². The number of hydrogen-bond donors (Lipinski definition) is 0. The van der Waals surface area contributed by atoms with E-state index >= 15 is 0 Å². The highest BCUT2D eigenvalue weighted by atomic mass is 32.2. The highest BCUT2D eigenvalue weighted by molar-refractivity contribution is 7.90. The predicted molar refractivity (Wildman–Crippen MR) is 89.2 cm³/mol. The number of aryl methyl sites for hydroxylation is 1. The Hall–Kier alpha value is -0.910. The van der Waals surface area contributed by atoms with Gasteiger partial charge >= 0.3 is 0 Å². The fourth-order valence-electron chi connectivity index (χ4n) is 3.20. The van der Waals surface area contributed by atoms with Crippen LogP contribution in [0.5, 0.6) is 0 Å². The Bertz CT molecular complexity index is 600. The molecule has 1 aromatic rings. The summed E-state index contributed by atoms with van der Waals surface area (Å²) in [5.74, 6) is 0. The molecule has 3 rings (SSSR count). The monoisotopic (exact) mass is 322 g/mol.